The number of halogens is 1. The van der Waals surface area contributed by atoms with Gasteiger partial charge in [0.25, 0.3) is 5.91 Å². The van der Waals surface area contributed by atoms with E-state index in [-0.39, 0.29) is 29.9 Å². The second-order valence-electron chi connectivity index (χ2n) is 6.77. The predicted molar refractivity (Wildman–Crippen MR) is 135 cm³/mol. The zero-order chi connectivity index (χ0) is 21.2. The smallest absolute Gasteiger partial charge is 0.251 e. The van der Waals surface area contributed by atoms with E-state index < -0.39 is 0 Å². The Hall–Kier alpha value is -2.88. The summed E-state index contributed by atoms with van der Waals surface area (Å²) in [4.78, 5) is 16.5. The Kier molecular flexibility index (Phi) is 10.0. The summed E-state index contributed by atoms with van der Waals surface area (Å²) in [6.07, 6.45) is 4.49. The monoisotopic (exact) mass is 532 g/mol. The number of aromatic nitrogens is 2. The van der Waals surface area contributed by atoms with Crippen LogP contribution < -0.4 is 16.0 Å². The number of guanidine groups is 1. The third kappa shape index (κ3) is 7.39. The van der Waals surface area contributed by atoms with Crippen molar-refractivity contribution in [3.8, 4) is 5.69 Å². The molecule has 0 spiro atoms. The number of amides is 1. The van der Waals surface area contributed by atoms with Crippen LogP contribution in [-0.2, 0) is 13.0 Å². The summed E-state index contributed by atoms with van der Waals surface area (Å²) in [5, 5.41) is 13.6. The van der Waals surface area contributed by atoms with Gasteiger partial charge in [0, 0.05) is 38.1 Å². The molecule has 31 heavy (non-hydrogen) atoms. The van der Waals surface area contributed by atoms with Crippen molar-refractivity contribution < 1.29 is 4.79 Å². The quantitative estimate of drug-likeness (QED) is 0.237. The van der Waals surface area contributed by atoms with Crippen LogP contribution in [0, 0.1) is 0 Å². The fourth-order valence-electron chi connectivity index (χ4n) is 3.07. The molecule has 8 heteroatoms. The maximum atomic E-state index is 11.8. The molecule has 0 bridgehead atoms. The van der Waals surface area contributed by atoms with E-state index in [1.165, 1.54) is 0 Å². The van der Waals surface area contributed by atoms with E-state index >= 15 is 0 Å². The zero-order valence-corrected chi connectivity index (χ0v) is 20.2. The van der Waals surface area contributed by atoms with Gasteiger partial charge >= 0.3 is 0 Å². The fraction of sp³-hybridized carbons (Fsp3) is 0.261. The summed E-state index contributed by atoms with van der Waals surface area (Å²) in [5.41, 5.74) is 3.90. The highest BCUT2D eigenvalue weighted by molar-refractivity contribution is 14.0. The third-order valence-corrected chi connectivity index (χ3v) is 4.57. The first-order valence-electron chi connectivity index (χ1n) is 10.1. The number of hydrogen-bond donors (Lipinski definition) is 3. The lowest BCUT2D eigenvalue weighted by Crippen LogP contribution is -2.38. The van der Waals surface area contributed by atoms with Crippen LogP contribution >= 0.6 is 24.0 Å². The molecule has 7 nitrogen and oxygen atoms in total. The lowest BCUT2D eigenvalue weighted by molar-refractivity contribution is 0.0963. The summed E-state index contributed by atoms with van der Waals surface area (Å²) in [5.74, 6) is 0.696. The number of carbonyl (C=O) groups is 1. The third-order valence-electron chi connectivity index (χ3n) is 4.57. The molecule has 3 N–H and O–H groups in total. The van der Waals surface area contributed by atoms with Gasteiger partial charge in [0.05, 0.1) is 12.2 Å². The van der Waals surface area contributed by atoms with E-state index in [0.29, 0.717) is 12.1 Å². The highest BCUT2D eigenvalue weighted by atomic mass is 127. The van der Waals surface area contributed by atoms with Gasteiger partial charge in [-0.25, -0.2) is 9.67 Å². The SMILES string of the molecule is CCNC(=NCc1cccc(-n2cccn2)c1)NCCc1cccc(C(=O)NC)c1.I. The number of carbonyl (C=O) groups excluding carboxylic acids is 1. The molecular formula is C23H29IN6O. The Morgan fingerprint density at radius 3 is 2.61 bits per heavy atom. The van der Waals surface area contributed by atoms with Crippen molar-refractivity contribution in [1.29, 1.82) is 0 Å². The minimum Gasteiger partial charge on any atom is -0.357 e. The van der Waals surface area contributed by atoms with Crippen molar-refractivity contribution in [3.05, 3.63) is 83.7 Å². The Bertz CT molecular complexity index is 987. The predicted octanol–water partition coefficient (Wildman–Crippen LogP) is 3.15. The average molecular weight is 532 g/mol. The largest absolute Gasteiger partial charge is 0.357 e. The molecule has 0 aliphatic heterocycles. The Morgan fingerprint density at radius 1 is 1.06 bits per heavy atom. The molecule has 164 valence electrons. The van der Waals surface area contributed by atoms with Crippen molar-refractivity contribution >= 4 is 35.8 Å². The van der Waals surface area contributed by atoms with Crippen LogP contribution in [0.2, 0.25) is 0 Å². The van der Waals surface area contributed by atoms with Crippen LogP contribution in [0.15, 0.2) is 72.0 Å². The molecular weight excluding hydrogens is 503 g/mol. The van der Waals surface area contributed by atoms with Gasteiger partial charge in [0.1, 0.15) is 0 Å². The lowest BCUT2D eigenvalue weighted by atomic mass is 10.1. The second-order valence-corrected chi connectivity index (χ2v) is 6.77. The number of hydrogen-bond acceptors (Lipinski definition) is 3. The summed E-state index contributed by atoms with van der Waals surface area (Å²) in [6.45, 7) is 4.11. The normalized spacial score (nSPS) is 10.8. The van der Waals surface area contributed by atoms with Crippen LogP contribution in [-0.4, -0.2) is 41.8 Å². The van der Waals surface area contributed by atoms with E-state index in [1.807, 2.05) is 60.3 Å². The Balaban J connectivity index is 0.00000341. The molecule has 0 fully saturated rings. The molecule has 0 unspecified atom stereocenters. The average Bonchev–Trinajstić information content (AvgIpc) is 3.32. The molecule has 0 saturated heterocycles. The summed E-state index contributed by atoms with van der Waals surface area (Å²) >= 11 is 0. The number of nitrogens with one attached hydrogen (secondary N) is 3. The van der Waals surface area contributed by atoms with Crippen LogP contribution in [0.5, 0.6) is 0 Å². The molecule has 0 radical (unpaired) electrons. The van der Waals surface area contributed by atoms with Gasteiger partial charge in [-0.2, -0.15) is 5.10 Å². The minimum absolute atomic E-state index is 0. The van der Waals surface area contributed by atoms with Crippen molar-refractivity contribution in [2.45, 2.75) is 19.9 Å². The van der Waals surface area contributed by atoms with Crippen LogP contribution in [0.25, 0.3) is 5.69 Å². The highest BCUT2D eigenvalue weighted by Gasteiger charge is 2.04. The Labute approximate surface area is 200 Å². The van der Waals surface area contributed by atoms with Crippen molar-refractivity contribution in [2.24, 2.45) is 4.99 Å². The first kappa shape index (κ1) is 24.4. The number of aliphatic imine (C=N–C) groups is 1. The van der Waals surface area contributed by atoms with Gasteiger partial charge in [-0.15, -0.1) is 24.0 Å². The van der Waals surface area contributed by atoms with Crippen LogP contribution in [0.3, 0.4) is 0 Å². The fourth-order valence-corrected chi connectivity index (χ4v) is 3.07. The van der Waals surface area contributed by atoms with E-state index in [0.717, 1.165) is 42.3 Å². The molecule has 1 amide bonds. The first-order valence-corrected chi connectivity index (χ1v) is 10.1. The molecule has 0 atom stereocenters. The summed E-state index contributed by atoms with van der Waals surface area (Å²) in [6, 6.07) is 17.8. The Morgan fingerprint density at radius 2 is 1.87 bits per heavy atom. The standard InChI is InChI=1S/C23H28N6O.HI/c1-3-25-23(26-13-11-18-7-4-9-20(15-18)22(30)24-2)27-17-19-8-5-10-21(16-19)29-14-6-12-28-29;/h4-10,12,14-16H,3,11,13,17H2,1-2H3,(H,24,30)(H2,25,26,27);1H. The van der Waals surface area contributed by atoms with E-state index in [1.54, 1.807) is 13.2 Å². The van der Waals surface area contributed by atoms with Gasteiger partial charge in [0.15, 0.2) is 5.96 Å². The molecule has 1 aromatic heterocycles. The molecule has 0 saturated carbocycles. The lowest BCUT2D eigenvalue weighted by Gasteiger charge is -2.12. The van der Waals surface area contributed by atoms with Crippen LogP contribution in [0.1, 0.15) is 28.4 Å². The molecule has 0 aliphatic carbocycles. The maximum absolute atomic E-state index is 11.8. The van der Waals surface area contributed by atoms with Gasteiger partial charge < -0.3 is 16.0 Å². The zero-order valence-electron chi connectivity index (χ0n) is 17.8. The van der Waals surface area contributed by atoms with Gasteiger partial charge in [-0.1, -0.05) is 24.3 Å². The van der Waals surface area contributed by atoms with Gasteiger partial charge in [-0.3, -0.25) is 4.79 Å². The van der Waals surface area contributed by atoms with Crippen LogP contribution in [0.4, 0.5) is 0 Å². The van der Waals surface area contributed by atoms with E-state index in [2.05, 4.69) is 33.2 Å². The minimum atomic E-state index is -0.0722. The maximum Gasteiger partial charge on any atom is 0.251 e. The van der Waals surface area contributed by atoms with Crippen molar-refractivity contribution in [1.82, 2.24) is 25.7 Å². The second kappa shape index (κ2) is 12.7. The van der Waals surface area contributed by atoms with Crippen molar-refractivity contribution in [3.63, 3.8) is 0 Å². The number of rotatable bonds is 8. The summed E-state index contributed by atoms with van der Waals surface area (Å²) in [7, 11) is 1.64. The van der Waals surface area contributed by atoms with Crippen molar-refractivity contribution in [2.75, 3.05) is 20.1 Å². The summed E-state index contributed by atoms with van der Waals surface area (Å²) < 4.78 is 1.84. The molecule has 0 aliphatic rings. The highest BCUT2D eigenvalue weighted by Crippen LogP contribution is 2.10. The topological polar surface area (TPSA) is 83.3 Å². The molecule has 3 aromatic rings. The number of benzene rings is 2. The first-order chi connectivity index (χ1) is 14.7. The number of nitrogens with zero attached hydrogens (tertiary/aromatic N) is 3. The van der Waals surface area contributed by atoms with E-state index in [9.17, 15) is 4.79 Å². The van der Waals surface area contributed by atoms with Gasteiger partial charge in [-0.05, 0) is 54.8 Å². The van der Waals surface area contributed by atoms with E-state index in [4.69, 9.17) is 4.99 Å². The molecule has 3 rings (SSSR count). The molecule has 2 aromatic carbocycles. The van der Waals surface area contributed by atoms with Gasteiger partial charge in [0.2, 0.25) is 0 Å². The molecule has 1 heterocycles.